The fraction of sp³-hybridized carbons (Fsp3) is 0.107. The molecule has 4 rings (SSSR count). The van der Waals surface area contributed by atoms with Gasteiger partial charge in [0.05, 0.1) is 18.9 Å². The van der Waals surface area contributed by atoms with Crippen molar-refractivity contribution in [3.63, 3.8) is 0 Å². The van der Waals surface area contributed by atoms with Gasteiger partial charge in [-0.05, 0) is 11.1 Å². The van der Waals surface area contributed by atoms with Crippen molar-refractivity contribution in [2.75, 3.05) is 6.29 Å². The lowest BCUT2D eigenvalue weighted by Crippen LogP contribution is -2.07. The lowest BCUT2D eigenvalue weighted by atomic mass is 10.0. The molecule has 0 N–H and O–H groups in total. The maximum absolute atomic E-state index is 13.8. The van der Waals surface area contributed by atoms with Crippen LogP contribution in [0.1, 0.15) is 22.3 Å². The number of hydrogen-bond donors (Lipinski definition) is 0. The minimum Gasteiger partial charge on any atom is -0.302 e. The first-order chi connectivity index (χ1) is 16.2. The molecule has 0 amide bonds. The van der Waals surface area contributed by atoms with Crippen LogP contribution in [-0.4, -0.2) is 12.0 Å². The molecule has 0 aromatic heterocycles. The maximum Gasteiger partial charge on any atom is 0.352 e. The molecule has 0 aliphatic heterocycles. The molecule has 4 aromatic rings. The fourth-order valence-corrected chi connectivity index (χ4v) is 4.56. The first-order valence-corrected chi connectivity index (χ1v) is 12.6. The van der Waals surface area contributed by atoms with Crippen LogP contribution in [0, 0.1) is 0 Å². The standard InChI is InChI=1S/C28H26NO3P/c30-33(31-21-24-13-5-1-6-14-24,32-22-25-15-7-2-8-16-25)23-29-28(26-17-9-3-10-18-26)27-19-11-4-12-20-27/h1-20H,21-23H2. The molecule has 0 saturated carbocycles. The highest BCUT2D eigenvalue weighted by atomic mass is 31.2. The largest absolute Gasteiger partial charge is 0.352 e. The highest BCUT2D eigenvalue weighted by molar-refractivity contribution is 7.53. The molecule has 0 fully saturated rings. The summed E-state index contributed by atoms with van der Waals surface area (Å²) in [6.45, 7) is 0.378. The van der Waals surface area contributed by atoms with Crippen LogP contribution in [0.15, 0.2) is 126 Å². The van der Waals surface area contributed by atoms with Crippen molar-refractivity contribution in [3.8, 4) is 0 Å². The normalized spacial score (nSPS) is 11.2. The van der Waals surface area contributed by atoms with Gasteiger partial charge in [0, 0.05) is 11.1 Å². The van der Waals surface area contributed by atoms with Crippen molar-refractivity contribution < 1.29 is 13.6 Å². The highest BCUT2D eigenvalue weighted by Gasteiger charge is 2.25. The number of aliphatic imine (C=N–C) groups is 1. The Morgan fingerprint density at radius 1 is 0.576 bits per heavy atom. The van der Waals surface area contributed by atoms with Crippen molar-refractivity contribution in [1.29, 1.82) is 0 Å². The maximum atomic E-state index is 13.8. The van der Waals surface area contributed by atoms with Gasteiger partial charge >= 0.3 is 7.60 Å². The molecule has 4 nitrogen and oxygen atoms in total. The first-order valence-electron chi connectivity index (χ1n) is 10.8. The Morgan fingerprint density at radius 2 is 0.939 bits per heavy atom. The first kappa shape index (κ1) is 22.9. The van der Waals surface area contributed by atoms with E-state index in [1.54, 1.807) is 0 Å². The lowest BCUT2D eigenvalue weighted by Gasteiger charge is -2.18. The van der Waals surface area contributed by atoms with Crippen LogP contribution >= 0.6 is 7.60 Å². The predicted molar refractivity (Wildman–Crippen MR) is 133 cm³/mol. The van der Waals surface area contributed by atoms with Crippen LogP contribution < -0.4 is 0 Å². The number of nitrogens with zero attached hydrogens (tertiary/aromatic N) is 1. The molecule has 0 unspecified atom stereocenters. The second-order valence-corrected chi connectivity index (χ2v) is 9.53. The highest BCUT2D eigenvalue weighted by Crippen LogP contribution is 2.50. The Balaban J connectivity index is 1.60. The summed E-state index contributed by atoms with van der Waals surface area (Å²) in [6, 6.07) is 39.1. The van der Waals surface area contributed by atoms with Gasteiger partial charge in [0.15, 0.2) is 0 Å². The van der Waals surface area contributed by atoms with E-state index in [0.29, 0.717) is 0 Å². The molecule has 0 saturated heterocycles. The fourth-order valence-electron chi connectivity index (χ4n) is 3.31. The minimum atomic E-state index is -3.53. The van der Waals surface area contributed by atoms with Crippen molar-refractivity contribution in [3.05, 3.63) is 144 Å². The van der Waals surface area contributed by atoms with Gasteiger partial charge in [0.1, 0.15) is 6.29 Å². The molecule has 166 valence electrons. The van der Waals surface area contributed by atoms with Gasteiger partial charge in [-0.15, -0.1) is 0 Å². The molecule has 5 heteroatoms. The third-order valence-electron chi connectivity index (χ3n) is 5.04. The number of benzene rings is 4. The van der Waals surface area contributed by atoms with E-state index in [4.69, 9.17) is 14.0 Å². The van der Waals surface area contributed by atoms with Crippen LogP contribution in [0.5, 0.6) is 0 Å². The predicted octanol–water partition coefficient (Wildman–Crippen LogP) is 7.11. The molecule has 0 bridgehead atoms. The van der Waals surface area contributed by atoms with E-state index >= 15 is 0 Å². The van der Waals surface area contributed by atoms with E-state index < -0.39 is 7.60 Å². The van der Waals surface area contributed by atoms with Gasteiger partial charge in [-0.25, -0.2) is 0 Å². The van der Waals surface area contributed by atoms with E-state index in [9.17, 15) is 4.57 Å². The van der Waals surface area contributed by atoms with E-state index in [1.165, 1.54) is 0 Å². The van der Waals surface area contributed by atoms with E-state index in [2.05, 4.69) is 0 Å². The summed E-state index contributed by atoms with van der Waals surface area (Å²) in [7, 11) is -3.53. The molecule has 0 heterocycles. The molecule has 0 spiro atoms. The van der Waals surface area contributed by atoms with E-state index in [-0.39, 0.29) is 19.5 Å². The van der Waals surface area contributed by atoms with Crippen LogP contribution in [-0.2, 0) is 26.8 Å². The van der Waals surface area contributed by atoms with Crippen molar-refractivity contribution in [2.45, 2.75) is 13.2 Å². The summed E-state index contributed by atoms with van der Waals surface area (Å²) in [6.07, 6.45) is -0.0776. The van der Waals surface area contributed by atoms with E-state index in [0.717, 1.165) is 28.0 Å². The molecule has 0 radical (unpaired) electrons. The second-order valence-electron chi connectivity index (χ2n) is 7.51. The third kappa shape index (κ3) is 6.84. The zero-order chi connectivity index (χ0) is 22.8. The van der Waals surface area contributed by atoms with Gasteiger partial charge in [0.25, 0.3) is 0 Å². The monoisotopic (exact) mass is 455 g/mol. The molecule has 0 aliphatic rings. The average Bonchev–Trinajstić information content (AvgIpc) is 2.89. The average molecular weight is 455 g/mol. The van der Waals surface area contributed by atoms with Gasteiger partial charge in [0.2, 0.25) is 0 Å². The lowest BCUT2D eigenvalue weighted by molar-refractivity contribution is 0.191. The van der Waals surface area contributed by atoms with Crippen LogP contribution in [0.3, 0.4) is 0 Å². The Labute approximate surface area is 195 Å². The number of hydrogen-bond acceptors (Lipinski definition) is 4. The Hall–Kier alpha value is -3.30. The molecule has 0 atom stereocenters. The summed E-state index contributed by atoms with van der Waals surface area (Å²) in [5.74, 6) is 0. The van der Waals surface area contributed by atoms with Crippen LogP contribution in [0.4, 0.5) is 0 Å². The quantitative estimate of drug-likeness (QED) is 0.189. The topological polar surface area (TPSA) is 47.9 Å². The number of rotatable bonds is 10. The third-order valence-corrected chi connectivity index (χ3v) is 6.57. The second kappa shape index (κ2) is 11.5. The molecular formula is C28H26NO3P. The van der Waals surface area contributed by atoms with Crippen LogP contribution in [0.2, 0.25) is 0 Å². The summed E-state index contributed by atoms with van der Waals surface area (Å²) >= 11 is 0. The van der Waals surface area contributed by atoms with Crippen molar-refractivity contribution in [2.24, 2.45) is 4.99 Å². The SMILES string of the molecule is O=P(CN=C(c1ccccc1)c1ccccc1)(OCc1ccccc1)OCc1ccccc1. The van der Waals surface area contributed by atoms with E-state index in [1.807, 2.05) is 121 Å². The summed E-state index contributed by atoms with van der Waals surface area (Å²) in [4.78, 5) is 4.76. The van der Waals surface area contributed by atoms with Gasteiger partial charge in [-0.1, -0.05) is 121 Å². The molecular weight excluding hydrogens is 429 g/mol. The summed E-state index contributed by atoms with van der Waals surface area (Å²) in [5, 5.41) is 0. The minimum absolute atomic E-state index is 0.0776. The van der Waals surface area contributed by atoms with Gasteiger partial charge < -0.3 is 9.05 Å². The summed E-state index contributed by atoms with van der Waals surface area (Å²) < 4.78 is 25.5. The molecule has 0 aliphatic carbocycles. The smallest absolute Gasteiger partial charge is 0.302 e. The van der Waals surface area contributed by atoms with Crippen molar-refractivity contribution in [1.82, 2.24) is 0 Å². The zero-order valence-corrected chi connectivity index (χ0v) is 19.2. The van der Waals surface area contributed by atoms with Gasteiger partial charge in [-0.2, -0.15) is 0 Å². The Morgan fingerprint density at radius 3 is 1.33 bits per heavy atom. The van der Waals surface area contributed by atoms with Crippen molar-refractivity contribution >= 4 is 13.3 Å². The Bertz CT molecular complexity index is 1110. The zero-order valence-electron chi connectivity index (χ0n) is 18.3. The summed E-state index contributed by atoms with van der Waals surface area (Å²) in [5.41, 5.74) is 4.50. The molecule has 33 heavy (non-hydrogen) atoms. The Kier molecular flexibility index (Phi) is 7.99. The van der Waals surface area contributed by atoms with Gasteiger partial charge in [-0.3, -0.25) is 9.56 Å². The van der Waals surface area contributed by atoms with Crippen LogP contribution in [0.25, 0.3) is 0 Å². The molecule has 4 aromatic carbocycles.